The second-order valence-electron chi connectivity index (χ2n) is 6.35. The number of urea groups is 1. The highest BCUT2D eigenvalue weighted by Crippen LogP contribution is 2.45. The average Bonchev–Trinajstić information content (AvgIpc) is 3.38. The highest BCUT2D eigenvalue weighted by molar-refractivity contribution is 6.30. The topological polar surface area (TPSA) is 69.8 Å². The van der Waals surface area contributed by atoms with Crippen LogP contribution in [0.4, 0.5) is 25.0 Å². The van der Waals surface area contributed by atoms with Crippen LogP contribution in [0.15, 0.2) is 42.5 Å². The molecule has 0 unspecified atom stereocenters. The quantitative estimate of drug-likeness (QED) is 0.550. The number of hydrogen-bond donors (Lipinski definition) is 3. The van der Waals surface area contributed by atoms with E-state index in [1.54, 1.807) is 18.2 Å². The van der Waals surface area contributed by atoms with Gasteiger partial charge in [-0.25, -0.2) is 13.6 Å². The molecule has 2 aromatic carbocycles. The van der Waals surface area contributed by atoms with E-state index in [9.17, 15) is 13.6 Å². The van der Waals surface area contributed by atoms with Crippen molar-refractivity contribution in [2.24, 2.45) is 0 Å². The summed E-state index contributed by atoms with van der Waals surface area (Å²) in [6.07, 6.45) is 2.00. The molecule has 1 fully saturated rings. The van der Waals surface area contributed by atoms with Gasteiger partial charge in [0, 0.05) is 22.6 Å². The standard InChI is InChI=1S/C19H15ClF2N4O/c20-12-3-1-2-11(8-12)17-18(16(25-26-17)10-4-5-10)24-19(27)23-15-7-6-13(21)9-14(15)22/h1-3,6-10H,4-5H2,(H,25,26)(H2,23,24,27). The van der Waals surface area contributed by atoms with Crippen molar-refractivity contribution >= 4 is 29.0 Å². The number of aromatic amines is 1. The van der Waals surface area contributed by atoms with Gasteiger partial charge in [-0.3, -0.25) is 5.10 Å². The van der Waals surface area contributed by atoms with Crippen LogP contribution in [0, 0.1) is 11.6 Å². The summed E-state index contributed by atoms with van der Waals surface area (Å²) < 4.78 is 26.8. The van der Waals surface area contributed by atoms with Gasteiger partial charge < -0.3 is 10.6 Å². The maximum Gasteiger partial charge on any atom is 0.323 e. The molecule has 0 bridgehead atoms. The molecule has 0 aliphatic heterocycles. The molecule has 3 N–H and O–H groups in total. The van der Waals surface area contributed by atoms with Gasteiger partial charge in [-0.2, -0.15) is 5.10 Å². The first kappa shape index (κ1) is 17.5. The predicted octanol–water partition coefficient (Wildman–Crippen LogP) is 5.53. The molecule has 0 radical (unpaired) electrons. The Kier molecular flexibility index (Phi) is 4.53. The van der Waals surface area contributed by atoms with Gasteiger partial charge in [-0.15, -0.1) is 0 Å². The Morgan fingerprint density at radius 2 is 1.96 bits per heavy atom. The second-order valence-corrected chi connectivity index (χ2v) is 6.79. The fourth-order valence-corrected chi connectivity index (χ4v) is 3.04. The Labute approximate surface area is 158 Å². The molecule has 8 heteroatoms. The number of anilines is 2. The molecule has 0 spiro atoms. The molecule has 1 aromatic heterocycles. The Morgan fingerprint density at radius 3 is 2.67 bits per heavy atom. The maximum atomic E-state index is 13.8. The summed E-state index contributed by atoms with van der Waals surface area (Å²) in [5.74, 6) is -1.27. The fraction of sp³-hybridized carbons (Fsp3) is 0.158. The summed E-state index contributed by atoms with van der Waals surface area (Å²) in [6, 6.07) is 9.42. The summed E-state index contributed by atoms with van der Waals surface area (Å²) in [5, 5.41) is 13.0. The van der Waals surface area contributed by atoms with Crippen molar-refractivity contribution in [3.63, 3.8) is 0 Å². The first-order chi connectivity index (χ1) is 13.0. The molecule has 138 valence electrons. The molecule has 0 atom stereocenters. The third-order valence-corrected chi connectivity index (χ3v) is 4.53. The lowest BCUT2D eigenvalue weighted by molar-refractivity contribution is 0.262. The van der Waals surface area contributed by atoms with Crippen molar-refractivity contribution in [2.75, 3.05) is 10.6 Å². The van der Waals surface area contributed by atoms with Gasteiger partial charge in [-0.05, 0) is 37.1 Å². The van der Waals surface area contributed by atoms with Gasteiger partial charge in [0.25, 0.3) is 0 Å². The lowest BCUT2D eigenvalue weighted by Crippen LogP contribution is -2.21. The Hall–Kier alpha value is -2.93. The first-order valence-corrected chi connectivity index (χ1v) is 8.76. The van der Waals surface area contributed by atoms with Crippen molar-refractivity contribution in [3.05, 3.63) is 64.8 Å². The largest absolute Gasteiger partial charge is 0.323 e. The van der Waals surface area contributed by atoms with E-state index in [4.69, 9.17) is 11.6 Å². The second kappa shape index (κ2) is 7.00. The monoisotopic (exact) mass is 388 g/mol. The summed E-state index contributed by atoms with van der Waals surface area (Å²) in [7, 11) is 0. The number of carbonyl (C=O) groups is 1. The van der Waals surface area contributed by atoms with E-state index >= 15 is 0 Å². The summed E-state index contributed by atoms with van der Waals surface area (Å²) in [4.78, 5) is 12.4. The Morgan fingerprint density at radius 1 is 1.15 bits per heavy atom. The molecule has 1 aliphatic rings. The van der Waals surface area contributed by atoms with Crippen molar-refractivity contribution < 1.29 is 13.6 Å². The van der Waals surface area contributed by atoms with E-state index in [1.165, 1.54) is 6.07 Å². The van der Waals surface area contributed by atoms with E-state index in [1.807, 2.05) is 6.07 Å². The molecule has 1 aliphatic carbocycles. The molecule has 4 rings (SSSR count). The van der Waals surface area contributed by atoms with Gasteiger partial charge in [0.1, 0.15) is 17.3 Å². The van der Waals surface area contributed by atoms with Crippen LogP contribution in [0.5, 0.6) is 0 Å². The van der Waals surface area contributed by atoms with Gasteiger partial charge in [0.05, 0.1) is 17.1 Å². The van der Waals surface area contributed by atoms with Crippen LogP contribution < -0.4 is 10.6 Å². The van der Waals surface area contributed by atoms with Crippen LogP contribution in [-0.2, 0) is 0 Å². The molecule has 27 heavy (non-hydrogen) atoms. The Bertz CT molecular complexity index is 1020. The van der Waals surface area contributed by atoms with Gasteiger partial charge in [-0.1, -0.05) is 23.7 Å². The zero-order valence-electron chi connectivity index (χ0n) is 14.0. The van der Waals surface area contributed by atoms with Gasteiger partial charge in [0.2, 0.25) is 0 Å². The minimum absolute atomic E-state index is 0.116. The smallest absolute Gasteiger partial charge is 0.305 e. The van der Waals surface area contributed by atoms with Crippen LogP contribution in [0.3, 0.4) is 0 Å². The van der Waals surface area contributed by atoms with E-state index in [0.29, 0.717) is 28.4 Å². The molecule has 1 saturated carbocycles. The van der Waals surface area contributed by atoms with Gasteiger partial charge in [0.15, 0.2) is 0 Å². The number of halogens is 3. The predicted molar refractivity (Wildman–Crippen MR) is 100 cm³/mol. The number of amides is 2. The number of hydrogen-bond acceptors (Lipinski definition) is 2. The normalized spacial score (nSPS) is 13.4. The number of aromatic nitrogens is 2. The van der Waals surface area contributed by atoms with Crippen molar-refractivity contribution in [1.82, 2.24) is 10.2 Å². The molecule has 2 amide bonds. The average molecular weight is 389 g/mol. The fourth-order valence-electron chi connectivity index (χ4n) is 2.85. The molecular formula is C19H15ClF2N4O. The first-order valence-electron chi connectivity index (χ1n) is 8.38. The number of nitrogens with zero attached hydrogens (tertiary/aromatic N) is 1. The molecule has 3 aromatic rings. The summed E-state index contributed by atoms with van der Waals surface area (Å²) >= 11 is 6.06. The van der Waals surface area contributed by atoms with E-state index in [2.05, 4.69) is 20.8 Å². The summed E-state index contributed by atoms with van der Waals surface area (Å²) in [6.45, 7) is 0. The van der Waals surface area contributed by atoms with Crippen molar-refractivity contribution in [2.45, 2.75) is 18.8 Å². The lowest BCUT2D eigenvalue weighted by atomic mass is 10.1. The molecular weight excluding hydrogens is 374 g/mol. The molecule has 1 heterocycles. The van der Waals surface area contributed by atoms with E-state index in [-0.39, 0.29) is 5.69 Å². The van der Waals surface area contributed by atoms with E-state index in [0.717, 1.165) is 30.2 Å². The van der Waals surface area contributed by atoms with Crippen molar-refractivity contribution in [3.8, 4) is 11.3 Å². The van der Waals surface area contributed by atoms with Gasteiger partial charge >= 0.3 is 6.03 Å². The van der Waals surface area contributed by atoms with Crippen LogP contribution in [0.1, 0.15) is 24.5 Å². The summed E-state index contributed by atoms with van der Waals surface area (Å²) in [5.41, 5.74) is 2.53. The number of rotatable bonds is 4. The molecule has 5 nitrogen and oxygen atoms in total. The lowest BCUT2D eigenvalue weighted by Gasteiger charge is -2.10. The van der Waals surface area contributed by atoms with Crippen LogP contribution in [0.2, 0.25) is 5.02 Å². The maximum absolute atomic E-state index is 13.8. The molecule has 0 saturated heterocycles. The van der Waals surface area contributed by atoms with Crippen molar-refractivity contribution in [1.29, 1.82) is 0 Å². The van der Waals surface area contributed by atoms with Crippen LogP contribution >= 0.6 is 11.6 Å². The highest BCUT2D eigenvalue weighted by atomic mass is 35.5. The van der Waals surface area contributed by atoms with Crippen LogP contribution in [-0.4, -0.2) is 16.2 Å². The number of H-pyrrole nitrogens is 1. The zero-order chi connectivity index (χ0) is 19.0. The third-order valence-electron chi connectivity index (χ3n) is 4.30. The minimum atomic E-state index is -0.852. The number of carbonyl (C=O) groups excluding carboxylic acids is 1. The zero-order valence-corrected chi connectivity index (χ0v) is 14.8. The third kappa shape index (κ3) is 3.78. The Balaban J connectivity index is 1.62. The number of benzene rings is 2. The highest BCUT2D eigenvalue weighted by Gasteiger charge is 2.31. The minimum Gasteiger partial charge on any atom is -0.305 e. The number of nitrogens with one attached hydrogen (secondary N) is 3. The van der Waals surface area contributed by atoms with Crippen LogP contribution in [0.25, 0.3) is 11.3 Å². The SMILES string of the molecule is O=C(Nc1ccc(F)cc1F)Nc1c(-c2cccc(Cl)c2)n[nH]c1C1CC1. The van der Waals surface area contributed by atoms with E-state index < -0.39 is 17.7 Å².